The zero-order valence-electron chi connectivity index (χ0n) is 15.9. The first kappa shape index (κ1) is 20.1. The predicted octanol–water partition coefficient (Wildman–Crippen LogP) is 3.65. The molecular weight excluding hydrogens is 346 g/mol. The minimum absolute atomic E-state index is 0.0515. The van der Waals surface area contributed by atoms with Crippen LogP contribution in [0.25, 0.3) is 0 Å². The lowest BCUT2D eigenvalue weighted by Crippen LogP contribution is -2.48. The minimum Gasteiger partial charge on any atom is -0.267 e. The fraction of sp³-hybridized carbons (Fsp3) is 0.300. The number of hydrazine groups is 1. The molecule has 7 nitrogen and oxygen atoms in total. The molecule has 0 saturated carbocycles. The van der Waals surface area contributed by atoms with Crippen LogP contribution in [0, 0.1) is 29.9 Å². The molecule has 27 heavy (non-hydrogen) atoms. The Hall–Kier alpha value is -3.22. The second-order valence-electron chi connectivity index (χ2n) is 6.77. The number of hydrogen-bond acceptors (Lipinski definition) is 4. The van der Waals surface area contributed by atoms with E-state index in [0.29, 0.717) is 5.56 Å². The van der Waals surface area contributed by atoms with Crippen molar-refractivity contribution in [3.8, 4) is 0 Å². The monoisotopic (exact) mass is 369 g/mol. The van der Waals surface area contributed by atoms with Crippen LogP contribution in [0.4, 0.5) is 5.69 Å². The molecule has 0 aliphatic carbocycles. The van der Waals surface area contributed by atoms with Crippen LogP contribution in [-0.2, 0) is 0 Å². The number of carbonyl (C=O) groups excluding carboxylic acids is 2. The van der Waals surface area contributed by atoms with Crippen LogP contribution < -0.4 is 5.43 Å². The summed E-state index contributed by atoms with van der Waals surface area (Å²) < 4.78 is 0. The highest BCUT2D eigenvalue weighted by molar-refractivity contribution is 6.01. The molecule has 0 unspecified atom stereocenters. The van der Waals surface area contributed by atoms with E-state index < -0.39 is 16.7 Å². The van der Waals surface area contributed by atoms with Gasteiger partial charge in [0, 0.05) is 18.2 Å². The second-order valence-corrected chi connectivity index (χ2v) is 6.77. The predicted molar refractivity (Wildman–Crippen MR) is 102 cm³/mol. The molecule has 1 N–H and O–H groups in total. The Morgan fingerprint density at radius 2 is 1.70 bits per heavy atom. The molecule has 2 aromatic rings. The maximum atomic E-state index is 12.9. The molecule has 0 atom stereocenters. The summed E-state index contributed by atoms with van der Waals surface area (Å²) in [6.45, 7) is 7.74. The minimum atomic E-state index is -0.616. The van der Waals surface area contributed by atoms with Crippen LogP contribution in [0.15, 0.2) is 42.5 Å². The molecular formula is C20H23N3O4. The smallest absolute Gasteiger partial charge is 0.267 e. The fourth-order valence-electron chi connectivity index (χ4n) is 2.68. The lowest BCUT2D eigenvalue weighted by molar-refractivity contribution is -0.385. The molecule has 142 valence electrons. The molecule has 0 aliphatic rings. The van der Waals surface area contributed by atoms with Gasteiger partial charge in [-0.05, 0) is 43.0 Å². The molecule has 0 radical (unpaired) electrons. The van der Waals surface area contributed by atoms with Gasteiger partial charge in [-0.15, -0.1) is 0 Å². The molecule has 2 rings (SSSR count). The van der Waals surface area contributed by atoms with Crippen LogP contribution in [0.3, 0.4) is 0 Å². The van der Waals surface area contributed by atoms with Gasteiger partial charge in [-0.25, -0.2) is 5.01 Å². The van der Waals surface area contributed by atoms with E-state index >= 15 is 0 Å². The topological polar surface area (TPSA) is 92.6 Å². The molecule has 2 aromatic carbocycles. The summed E-state index contributed by atoms with van der Waals surface area (Å²) in [7, 11) is 0. The molecule has 0 bridgehead atoms. The second kappa shape index (κ2) is 8.44. The SMILES string of the molecule is Cc1cccc(C(=O)NN(CC(C)C)C(=O)c2ccccc2[N+](=O)[O-])c1C. The molecule has 7 heteroatoms. The standard InChI is InChI=1S/C20H23N3O4/c1-13(2)12-22(20(25)17-9-5-6-11-18(17)23(26)27)21-19(24)16-10-7-8-14(3)15(16)4/h5-11,13H,12H2,1-4H3,(H,21,24). The van der Waals surface area contributed by atoms with Gasteiger partial charge >= 0.3 is 0 Å². The Balaban J connectivity index is 2.35. The van der Waals surface area contributed by atoms with E-state index in [-0.39, 0.29) is 23.7 Å². The Morgan fingerprint density at radius 3 is 2.33 bits per heavy atom. The van der Waals surface area contributed by atoms with Gasteiger partial charge < -0.3 is 0 Å². The number of rotatable bonds is 5. The Morgan fingerprint density at radius 1 is 1.07 bits per heavy atom. The number of nitrogens with zero attached hydrogens (tertiary/aromatic N) is 2. The third-order valence-electron chi connectivity index (χ3n) is 4.21. The molecule has 0 spiro atoms. The number of amides is 2. The lowest BCUT2D eigenvalue weighted by Gasteiger charge is -2.25. The first-order valence-electron chi connectivity index (χ1n) is 8.64. The van der Waals surface area contributed by atoms with Crippen molar-refractivity contribution in [2.24, 2.45) is 5.92 Å². The number of aryl methyl sites for hydroxylation is 1. The van der Waals surface area contributed by atoms with Crippen molar-refractivity contribution in [1.82, 2.24) is 10.4 Å². The number of benzene rings is 2. The van der Waals surface area contributed by atoms with Crippen LogP contribution in [0.1, 0.15) is 45.7 Å². The summed E-state index contributed by atoms with van der Waals surface area (Å²) in [4.78, 5) is 36.3. The average molecular weight is 369 g/mol. The molecule has 0 aliphatic heterocycles. The Bertz CT molecular complexity index is 877. The van der Waals surface area contributed by atoms with Crippen LogP contribution in [0.5, 0.6) is 0 Å². The first-order chi connectivity index (χ1) is 12.7. The van der Waals surface area contributed by atoms with Crippen molar-refractivity contribution in [3.05, 3.63) is 74.8 Å². The van der Waals surface area contributed by atoms with E-state index in [1.54, 1.807) is 18.2 Å². The van der Waals surface area contributed by atoms with Crippen molar-refractivity contribution in [2.75, 3.05) is 6.54 Å². The van der Waals surface area contributed by atoms with Crippen molar-refractivity contribution in [3.63, 3.8) is 0 Å². The zero-order valence-corrected chi connectivity index (χ0v) is 15.9. The summed E-state index contributed by atoms with van der Waals surface area (Å²) in [5.74, 6) is -0.992. The summed E-state index contributed by atoms with van der Waals surface area (Å²) in [6, 6.07) is 11.1. The summed E-state index contributed by atoms with van der Waals surface area (Å²) in [6.07, 6.45) is 0. The number of para-hydroxylation sites is 1. The largest absolute Gasteiger partial charge is 0.282 e. The quantitative estimate of drug-likeness (QED) is 0.643. The van der Waals surface area contributed by atoms with Gasteiger partial charge in [0.15, 0.2) is 0 Å². The third kappa shape index (κ3) is 4.69. The number of hydrogen-bond donors (Lipinski definition) is 1. The first-order valence-corrected chi connectivity index (χ1v) is 8.64. The maximum Gasteiger partial charge on any atom is 0.282 e. The van der Waals surface area contributed by atoms with Gasteiger partial charge in [-0.1, -0.05) is 38.1 Å². The van der Waals surface area contributed by atoms with E-state index in [0.717, 1.165) is 16.1 Å². The Kier molecular flexibility index (Phi) is 6.28. The highest BCUT2D eigenvalue weighted by Gasteiger charge is 2.26. The molecule has 0 heterocycles. The van der Waals surface area contributed by atoms with E-state index in [2.05, 4.69) is 5.43 Å². The van der Waals surface area contributed by atoms with Gasteiger partial charge in [-0.3, -0.25) is 25.1 Å². The summed E-state index contributed by atoms with van der Waals surface area (Å²) in [5.41, 5.74) is 4.50. The van der Waals surface area contributed by atoms with Crippen molar-refractivity contribution < 1.29 is 14.5 Å². The highest BCUT2D eigenvalue weighted by atomic mass is 16.6. The lowest BCUT2D eigenvalue weighted by atomic mass is 10.0. The van der Waals surface area contributed by atoms with Crippen molar-refractivity contribution in [1.29, 1.82) is 0 Å². The number of nitro groups is 1. The normalized spacial score (nSPS) is 10.6. The number of carbonyl (C=O) groups is 2. The van der Waals surface area contributed by atoms with Crippen LogP contribution in [-0.4, -0.2) is 28.3 Å². The highest BCUT2D eigenvalue weighted by Crippen LogP contribution is 2.20. The third-order valence-corrected chi connectivity index (χ3v) is 4.21. The summed E-state index contributed by atoms with van der Waals surface area (Å²) >= 11 is 0. The number of nitro benzene ring substituents is 1. The van der Waals surface area contributed by atoms with Crippen molar-refractivity contribution >= 4 is 17.5 Å². The molecule has 0 saturated heterocycles. The van der Waals surface area contributed by atoms with Gasteiger partial charge in [0.05, 0.1) is 4.92 Å². The van der Waals surface area contributed by atoms with E-state index in [4.69, 9.17) is 0 Å². The zero-order chi connectivity index (χ0) is 20.1. The van der Waals surface area contributed by atoms with Crippen molar-refractivity contribution in [2.45, 2.75) is 27.7 Å². The molecule has 0 aromatic heterocycles. The Labute approximate surface area is 158 Å². The average Bonchev–Trinajstić information content (AvgIpc) is 2.62. The van der Waals surface area contributed by atoms with Crippen LogP contribution >= 0.6 is 0 Å². The summed E-state index contributed by atoms with van der Waals surface area (Å²) in [5, 5.41) is 12.4. The molecule has 2 amide bonds. The van der Waals surface area contributed by atoms with E-state index in [1.165, 1.54) is 18.2 Å². The fourth-order valence-corrected chi connectivity index (χ4v) is 2.68. The maximum absolute atomic E-state index is 12.9. The van der Waals surface area contributed by atoms with Crippen LogP contribution in [0.2, 0.25) is 0 Å². The molecule has 0 fully saturated rings. The van der Waals surface area contributed by atoms with E-state index in [1.807, 2.05) is 33.8 Å². The van der Waals surface area contributed by atoms with Gasteiger partial charge in [-0.2, -0.15) is 0 Å². The number of nitrogens with one attached hydrogen (secondary N) is 1. The van der Waals surface area contributed by atoms with Gasteiger partial charge in [0.2, 0.25) is 0 Å². The van der Waals surface area contributed by atoms with Gasteiger partial charge in [0.1, 0.15) is 5.56 Å². The van der Waals surface area contributed by atoms with Gasteiger partial charge in [0.25, 0.3) is 17.5 Å². The van der Waals surface area contributed by atoms with E-state index in [9.17, 15) is 19.7 Å².